The van der Waals surface area contributed by atoms with Gasteiger partial charge in [0.25, 0.3) is 5.91 Å². The van der Waals surface area contributed by atoms with Gasteiger partial charge in [0.05, 0.1) is 5.02 Å². The van der Waals surface area contributed by atoms with E-state index in [9.17, 15) is 9.18 Å². The molecule has 2 N–H and O–H groups in total. The number of carbonyl (C=O) groups excluding carboxylic acids is 1. The maximum absolute atomic E-state index is 13.2. The number of nitrogens with one attached hydrogen (secondary N) is 2. The molecule has 26 heavy (non-hydrogen) atoms. The fraction of sp³-hybridized carbons (Fsp3) is 0.211. The molecule has 0 spiro atoms. The topological polar surface area (TPSA) is 54.1 Å². The van der Waals surface area contributed by atoms with Crippen LogP contribution in [0.15, 0.2) is 42.6 Å². The number of ether oxygens (including phenoxy) is 1. The zero-order valence-corrected chi connectivity index (χ0v) is 15.5. The molecular formula is C19H17Cl2FN2O2. The standard InChI is InChI=1S/C19H17Cl2FN2O2/c1-11(26-18-5-2-13(20)8-16(18)21)19(25)23-7-6-12-10-24-17-9-14(22)3-4-15(12)17/h2-5,8-11,24H,6-7H2,1H3,(H,23,25). The maximum Gasteiger partial charge on any atom is 0.260 e. The van der Waals surface area contributed by atoms with Crippen LogP contribution in [0.25, 0.3) is 10.9 Å². The molecule has 4 nitrogen and oxygen atoms in total. The number of fused-ring (bicyclic) bond motifs is 1. The van der Waals surface area contributed by atoms with Gasteiger partial charge in [0, 0.05) is 28.7 Å². The first kappa shape index (κ1) is 18.5. The highest BCUT2D eigenvalue weighted by Crippen LogP contribution is 2.28. The number of H-pyrrole nitrogens is 1. The van der Waals surface area contributed by atoms with Crippen molar-refractivity contribution in [2.45, 2.75) is 19.4 Å². The monoisotopic (exact) mass is 394 g/mol. The van der Waals surface area contributed by atoms with Gasteiger partial charge in [-0.15, -0.1) is 0 Å². The summed E-state index contributed by atoms with van der Waals surface area (Å²) in [4.78, 5) is 15.2. The highest BCUT2D eigenvalue weighted by molar-refractivity contribution is 6.35. The zero-order chi connectivity index (χ0) is 18.7. The maximum atomic E-state index is 13.2. The van der Waals surface area contributed by atoms with Crippen LogP contribution in [-0.4, -0.2) is 23.5 Å². The summed E-state index contributed by atoms with van der Waals surface area (Å²) in [6.07, 6.45) is 1.74. The van der Waals surface area contributed by atoms with Crippen LogP contribution in [0.4, 0.5) is 4.39 Å². The molecule has 0 radical (unpaired) electrons. The highest BCUT2D eigenvalue weighted by atomic mass is 35.5. The molecule has 1 heterocycles. The molecule has 0 aliphatic heterocycles. The van der Waals surface area contributed by atoms with Crippen molar-refractivity contribution in [1.29, 1.82) is 0 Å². The van der Waals surface area contributed by atoms with Gasteiger partial charge in [-0.25, -0.2) is 4.39 Å². The van der Waals surface area contributed by atoms with Crippen LogP contribution < -0.4 is 10.1 Å². The third-order valence-corrected chi connectivity index (χ3v) is 4.52. The molecule has 0 fully saturated rings. The van der Waals surface area contributed by atoms with Crippen molar-refractivity contribution >= 4 is 40.0 Å². The Hall–Kier alpha value is -2.24. The Morgan fingerprint density at radius 1 is 1.27 bits per heavy atom. The van der Waals surface area contributed by atoms with Gasteiger partial charge in [-0.3, -0.25) is 4.79 Å². The molecule has 0 aliphatic carbocycles. The first-order valence-electron chi connectivity index (χ1n) is 8.09. The Morgan fingerprint density at radius 3 is 2.85 bits per heavy atom. The molecule has 2 aromatic carbocycles. The summed E-state index contributed by atoms with van der Waals surface area (Å²) in [6, 6.07) is 9.43. The van der Waals surface area contributed by atoms with Crippen molar-refractivity contribution in [1.82, 2.24) is 10.3 Å². The number of hydrogen-bond donors (Lipinski definition) is 2. The summed E-state index contributed by atoms with van der Waals surface area (Å²) in [7, 11) is 0. The number of amides is 1. The first-order valence-corrected chi connectivity index (χ1v) is 8.84. The number of carbonyl (C=O) groups is 1. The number of aromatic nitrogens is 1. The molecule has 1 amide bonds. The molecule has 136 valence electrons. The van der Waals surface area contributed by atoms with Crippen molar-refractivity contribution in [3.63, 3.8) is 0 Å². The Bertz CT molecular complexity index is 942. The van der Waals surface area contributed by atoms with E-state index in [4.69, 9.17) is 27.9 Å². The minimum atomic E-state index is -0.703. The second kappa shape index (κ2) is 7.98. The summed E-state index contributed by atoms with van der Waals surface area (Å²) >= 11 is 11.9. The molecule has 3 aromatic rings. The Balaban J connectivity index is 1.54. The quantitative estimate of drug-likeness (QED) is 0.634. The lowest BCUT2D eigenvalue weighted by Crippen LogP contribution is -2.37. The van der Waals surface area contributed by atoms with Crippen LogP contribution in [0.5, 0.6) is 5.75 Å². The average molecular weight is 395 g/mol. The highest BCUT2D eigenvalue weighted by Gasteiger charge is 2.16. The first-order chi connectivity index (χ1) is 12.4. The van der Waals surface area contributed by atoms with E-state index in [2.05, 4.69) is 10.3 Å². The molecule has 1 unspecified atom stereocenters. The molecular weight excluding hydrogens is 378 g/mol. The van der Waals surface area contributed by atoms with Crippen LogP contribution in [0, 0.1) is 5.82 Å². The largest absolute Gasteiger partial charge is 0.479 e. The third kappa shape index (κ3) is 4.29. The van der Waals surface area contributed by atoms with Crippen LogP contribution in [-0.2, 0) is 11.2 Å². The lowest BCUT2D eigenvalue weighted by Gasteiger charge is -2.15. The normalized spacial score (nSPS) is 12.2. The summed E-state index contributed by atoms with van der Waals surface area (Å²) in [5.41, 5.74) is 1.75. The van der Waals surface area contributed by atoms with E-state index in [0.29, 0.717) is 28.8 Å². The lowest BCUT2D eigenvalue weighted by molar-refractivity contribution is -0.127. The number of hydrogen-bond acceptors (Lipinski definition) is 2. The van der Waals surface area contributed by atoms with E-state index in [1.165, 1.54) is 12.1 Å². The number of halogens is 3. The summed E-state index contributed by atoms with van der Waals surface area (Å²) in [6.45, 7) is 2.08. The van der Waals surface area contributed by atoms with Gasteiger partial charge < -0.3 is 15.0 Å². The predicted molar refractivity (Wildman–Crippen MR) is 102 cm³/mol. The van der Waals surface area contributed by atoms with E-state index in [1.807, 2.05) is 6.20 Å². The van der Waals surface area contributed by atoms with Crippen LogP contribution in [0.1, 0.15) is 12.5 Å². The Morgan fingerprint density at radius 2 is 2.08 bits per heavy atom. The number of aromatic amines is 1. The van der Waals surface area contributed by atoms with Gasteiger partial charge in [0.2, 0.25) is 0 Å². The summed E-state index contributed by atoms with van der Waals surface area (Å²) in [5.74, 6) is -0.134. The molecule has 0 saturated heterocycles. The number of benzene rings is 2. The SMILES string of the molecule is CC(Oc1ccc(Cl)cc1Cl)C(=O)NCCc1c[nH]c2cc(F)ccc12. The molecule has 3 rings (SSSR count). The number of rotatable bonds is 6. The third-order valence-electron chi connectivity index (χ3n) is 3.99. The average Bonchev–Trinajstić information content (AvgIpc) is 2.99. The van der Waals surface area contributed by atoms with Crippen LogP contribution in [0.3, 0.4) is 0 Å². The van der Waals surface area contributed by atoms with Crippen molar-refractivity contribution in [3.05, 3.63) is 64.0 Å². The fourth-order valence-electron chi connectivity index (χ4n) is 2.64. The van der Waals surface area contributed by atoms with E-state index in [1.54, 1.807) is 31.2 Å². The molecule has 0 bridgehead atoms. The molecule has 7 heteroatoms. The summed E-state index contributed by atoms with van der Waals surface area (Å²) in [5, 5.41) is 4.62. The van der Waals surface area contributed by atoms with E-state index in [-0.39, 0.29) is 11.7 Å². The van der Waals surface area contributed by atoms with E-state index >= 15 is 0 Å². The molecule has 0 aliphatic rings. The zero-order valence-electron chi connectivity index (χ0n) is 14.0. The lowest BCUT2D eigenvalue weighted by atomic mass is 10.1. The molecule has 1 aromatic heterocycles. The van der Waals surface area contributed by atoms with Gasteiger partial charge >= 0.3 is 0 Å². The minimum absolute atomic E-state index is 0.248. The summed E-state index contributed by atoms with van der Waals surface area (Å²) < 4.78 is 18.8. The Labute approximate surface area is 160 Å². The Kier molecular flexibility index (Phi) is 5.69. The van der Waals surface area contributed by atoms with Crippen LogP contribution in [0.2, 0.25) is 10.0 Å². The van der Waals surface area contributed by atoms with Crippen molar-refractivity contribution < 1.29 is 13.9 Å². The van der Waals surface area contributed by atoms with Gasteiger partial charge in [0.1, 0.15) is 11.6 Å². The van der Waals surface area contributed by atoms with Crippen molar-refractivity contribution in [2.75, 3.05) is 6.54 Å². The molecule has 0 saturated carbocycles. The van der Waals surface area contributed by atoms with E-state index in [0.717, 1.165) is 16.5 Å². The van der Waals surface area contributed by atoms with Crippen LogP contribution >= 0.6 is 23.2 Å². The molecule has 1 atom stereocenters. The minimum Gasteiger partial charge on any atom is -0.479 e. The second-order valence-corrected chi connectivity index (χ2v) is 6.72. The van der Waals surface area contributed by atoms with Crippen molar-refractivity contribution in [2.24, 2.45) is 0 Å². The van der Waals surface area contributed by atoms with Crippen molar-refractivity contribution in [3.8, 4) is 5.75 Å². The predicted octanol–water partition coefficient (Wildman–Crippen LogP) is 4.74. The fourth-order valence-corrected chi connectivity index (χ4v) is 3.10. The van der Waals surface area contributed by atoms with Gasteiger partial charge in [-0.1, -0.05) is 23.2 Å². The van der Waals surface area contributed by atoms with Gasteiger partial charge in [-0.05, 0) is 55.3 Å². The van der Waals surface area contributed by atoms with Gasteiger partial charge in [-0.2, -0.15) is 0 Å². The smallest absolute Gasteiger partial charge is 0.260 e. The second-order valence-electron chi connectivity index (χ2n) is 5.88. The van der Waals surface area contributed by atoms with E-state index < -0.39 is 6.10 Å². The van der Waals surface area contributed by atoms with Gasteiger partial charge in [0.15, 0.2) is 6.10 Å².